The van der Waals surface area contributed by atoms with Gasteiger partial charge >= 0.3 is 5.97 Å². The zero-order valence-electron chi connectivity index (χ0n) is 30.5. The summed E-state index contributed by atoms with van der Waals surface area (Å²) in [5.41, 5.74) is 0. The minimum Gasteiger partial charge on any atom is -0.461 e. The molecule has 1 atom stereocenters. The lowest BCUT2D eigenvalue weighted by Gasteiger charge is -2.32. The summed E-state index contributed by atoms with van der Waals surface area (Å²) in [5, 5.41) is 12.7. The number of amides is 2. The second kappa shape index (κ2) is 33.0. The average Bonchev–Trinajstić information content (AvgIpc) is 3.06. The molecule has 270 valence electrons. The summed E-state index contributed by atoms with van der Waals surface area (Å²) >= 11 is 0. The number of carbonyl (C=O) groups excluding carboxylic acids is 3. The third kappa shape index (κ3) is 25.2. The van der Waals surface area contributed by atoms with Crippen molar-refractivity contribution in [3.05, 3.63) is 12.2 Å². The van der Waals surface area contributed by atoms with Gasteiger partial charge in [0.15, 0.2) is 0 Å². The van der Waals surface area contributed by atoms with Crippen molar-refractivity contribution in [3.63, 3.8) is 0 Å². The summed E-state index contributed by atoms with van der Waals surface area (Å²) in [4.78, 5) is 42.8. The van der Waals surface area contributed by atoms with Crippen molar-refractivity contribution < 1.29 is 24.2 Å². The van der Waals surface area contributed by atoms with Crippen LogP contribution >= 0.6 is 0 Å². The smallest absolute Gasteiger partial charge is 0.306 e. The predicted molar refractivity (Wildman–Crippen MR) is 192 cm³/mol. The number of ether oxygens (including phenoxy) is 1. The van der Waals surface area contributed by atoms with Crippen molar-refractivity contribution in [1.29, 1.82) is 0 Å². The molecule has 0 spiro atoms. The number of hydrogen-bond acceptors (Lipinski definition) is 6. The summed E-state index contributed by atoms with van der Waals surface area (Å²) in [5.74, 6) is -0.193. The molecule has 0 aromatic carbocycles. The van der Waals surface area contributed by atoms with Gasteiger partial charge in [-0.1, -0.05) is 123 Å². The van der Waals surface area contributed by atoms with Gasteiger partial charge < -0.3 is 25.0 Å². The zero-order chi connectivity index (χ0) is 34.1. The minimum absolute atomic E-state index is 0.00467. The molecule has 0 saturated heterocycles. The van der Waals surface area contributed by atoms with Crippen LogP contribution in [0, 0.1) is 0 Å². The van der Waals surface area contributed by atoms with Crippen molar-refractivity contribution in [1.82, 2.24) is 15.1 Å². The molecule has 0 radical (unpaired) electrons. The number of hydrogen-bond donors (Lipinski definition) is 2. The molecular weight excluding hydrogens is 578 g/mol. The van der Waals surface area contributed by atoms with Crippen LogP contribution in [0.1, 0.15) is 163 Å². The van der Waals surface area contributed by atoms with Crippen LogP contribution in [0.3, 0.4) is 0 Å². The highest BCUT2D eigenvalue weighted by Gasteiger charge is 2.29. The molecule has 1 unspecified atom stereocenters. The van der Waals surface area contributed by atoms with Gasteiger partial charge in [-0.05, 0) is 51.6 Å². The third-order valence-corrected chi connectivity index (χ3v) is 8.76. The lowest BCUT2D eigenvalue weighted by atomic mass is 10.0. The fraction of sp³-hybridized carbons (Fsp3) is 0.868. The number of carbonyl (C=O) groups is 3. The van der Waals surface area contributed by atoms with Crippen LogP contribution in [0.5, 0.6) is 0 Å². The largest absolute Gasteiger partial charge is 0.461 e. The molecule has 8 heteroatoms. The van der Waals surface area contributed by atoms with E-state index < -0.39 is 6.04 Å². The first-order valence-electron chi connectivity index (χ1n) is 19.2. The molecule has 0 bridgehead atoms. The van der Waals surface area contributed by atoms with Crippen molar-refractivity contribution in [2.45, 2.75) is 169 Å². The highest BCUT2D eigenvalue weighted by molar-refractivity contribution is 5.87. The van der Waals surface area contributed by atoms with E-state index in [-0.39, 0.29) is 24.4 Å². The molecule has 0 heterocycles. The Morgan fingerprint density at radius 1 is 0.696 bits per heavy atom. The molecule has 0 aliphatic carbocycles. The Morgan fingerprint density at radius 3 is 1.96 bits per heavy atom. The standard InChI is InChI=1S/C38H73N3O5/c1-5-9-11-13-17-21-25-34-46-37(44)28-23-19-16-15-18-22-27-35(38(45)39-30-24-20-14-12-10-6-2)41(31-26-33-42)36(43)29-32-40(7-3)8-4/h21,25,35,42H,5-20,22-24,26-34H2,1-4H3,(H,39,45)/b25-21-. The summed E-state index contributed by atoms with van der Waals surface area (Å²) in [6.07, 6.45) is 24.7. The molecule has 2 amide bonds. The van der Waals surface area contributed by atoms with Gasteiger partial charge in [0, 0.05) is 39.1 Å². The number of esters is 1. The number of unbranched alkanes of at least 4 members (excludes halogenated alkanes) is 14. The minimum atomic E-state index is -0.504. The summed E-state index contributed by atoms with van der Waals surface area (Å²) < 4.78 is 5.32. The van der Waals surface area contributed by atoms with Gasteiger partial charge in [-0.25, -0.2) is 0 Å². The van der Waals surface area contributed by atoms with Crippen molar-refractivity contribution >= 4 is 17.8 Å². The lowest BCUT2D eigenvalue weighted by Crippen LogP contribution is -2.50. The van der Waals surface area contributed by atoms with Crippen molar-refractivity contribution in [3.8, 4) is 0 Å². The van der Waals surface area contributed by atoms with Gasteiger partial charge in [0.1, 0.15) is 12.6 Å². The molecule has 8 nitrogen and oxygen atoms in total. The average molecular weight is 652 g/mol. The van der Waals surface area contributed by atoms with E-state index in [1.165, 1.54) is 51.4 Å². The SMILES string of the molecule is CCCCCC/C=C\COC(=O)CCCCCCCCC(C(=O)NCCCCCCCC)N(CCCO)C(=O)CCN(CC)CC. The van der Waals surface area contributed by atoms with Crippen LogP contribution in [-0.2, 0) is 19.1 Å². The summed E-state index contributed by atoms with van der Waals surface area (Å²) in [7, 11) is 0. The van der Waals surface area contributed by atoms with Gasteiger partial charge in [-0.3, -0.25) is 14.4 Å². The van der Waals surface area contributed by atoms with E-state index in [2.05, 4.69) is 44.0 Å². The van der Waals surface area contributed by atoms with Gasteiger partial charge in [-0.2, -0.15) is 0 Å². The predicted octanol–water partition coefficient (Wildman–Crippen LogP) is 7.97. The van der Waals surface area contributed by atoms with Crippen LogP contribution < -0.4 is 5.32 Å². The number of rotatable bonds is 33. The first kappa shape index (κ1) is 44.1. The molecule has 46 heavy (non-hydrogen) atoms. The fourth-order valence-corrected chi connectivity index (χ4v) is 5.70. The van der Waals surface area contributed by atoms with E-state index in [9.17, 15) is 19.5 Å². The monoisotopic (exact) mass is 652 g/mol. The Hall–Kier alpha value is -1.93. The van der Waals surface area contributed by atoms with E-state index in [0.717, 1.165) is 70.9 Å². The van der Waals surface area contributed by atoms with E-state index in [1.54, 1.807) is 4.90 Å². The normalized spacial score (nSPS) is 12.1. The first-order chi connectivity index (χ1) is 22.4. The van der Waals surface area contributed by atoms with Crippen molar-refractivity contribution in [2.24, 2.45) is 0 Å². The van der Waals surface area contributed by atoms with E-state index >= 15 is 0 Å². The highest BCUT2D eigenvalue weighted by atomic mass is 16.5. The number of nitrogens with zero attached hydrogens (tertiary/aromatic N) is 2. The second-order valence-corrected chi connectivity index (χ2v) is 12.7. The summed E-state index contributed by atoms with van der Waals surface area (Å²) in [6.45, 7) is 12.5. The van der Waals surface area contributed by atoms with E-state index in [4.69, 9.17) is 4.74 Å². The van der Waals surface area contributed by atoms with Crippen LogP contribution in [-0.4, -0.2) is 84.7 Å². The Balaban J connectivity index is 4.71. The maximum absolute atomic E-state index is 13.4. The topological polar surface area (TPSA) is 99.2 Å². The second-order valence-electron chi connectivity index (χ2n) is 12.7. The van der Waals surface area contributed by atoms with Gasteiger partial charge in [0.2, 0.25) is 11.8 Å². The first-order valence-corrected chi connectivity index (χ1v) is 19.2. The molecule has 0 rings (SSSR count). The molecule has 0 fully saturated rings. The lowest BCUT2D eigenvalue weighted by molar-refractivity contribution is -0.142. The Labute approximate surface area is 283 Å². The van der Waals surface area contributed by atoms with Gasteiger partial charge in [-0.15, -0.1) is 0 Å². The molecule has 0 aliphatic heterocycles. The van der Waals surface area contributed by atoms with Crippen LogP contribution in [0.15, 0.2) is 12.2 Å². The molecule has 0 aromatic heterocycles. The van der Waals surface area contributed by atoms with Crippen LogP contribution in [0.2, 0.25) is 0 Å². The number of nitrogens with one attached hydrogen (secondary N) is 1. The molecule has 0 aromatic rings. The van der Waals surface area contributed by atoms with E-state index in [0.29, 0.717) is 51.9 Å². The summed E-state index contributed by atoms with van der Waals surface area (Å²) in [6, 6.07) is -0.504. The third-order valence-electron chi connectivity index (χ3n) is 8.76. The Bertz CT molecular complexity index is 757. The van der Waals surface area contributed by atoms with Crippen LogP contribution in [0.4, 0.5) is 0 Å². The molecule has 0 aliphatic rings. The Morgan fingerprint density at radius 2 is 1.30 bits per heavy atom. The molecule has 2 N–H and O–H groups in total. The van der Waals surface area contributed by atoms with Gasteiger partial charge in [0.25, 0.3) is 0 Å². The van der Waals surface area contributed by atoms with Crippen molar-refractivity contribution in [2.75, 3.05) is 45.9 Å². The quantitative estimate of drug-likeness (QED) is 0.0424. The molecular formula is C38H73N3O5. The fourth-order valence-electron chi connectivity index (χ4n) is 5.70. The van der Waals surface area contributed by atoms with Crippen LogP contribution in [0.25, 0.3) is 0 Å². The Kier molecular flexibility index (Phi) is 31.6. The maximum Gasteiger partial charge on any atom is 0.306 e. The van der Waals surface area contributed by atoms with E-state index in [1.807, 2.05) is 6.08 Å². The molecule has 0 saturated carbocycles. The maximum atomic E-state index is 13.4. The number of allylic oxidation sites excluding steroid dienone is 1. The highest BCUT2D eigenvalue weighted by Crippen LogP contribution is 2.16. The number of aliphatic hydroxyl groups excluding tert-OH is 1. The zero-order valence-corrected chi connectivity index (χ0v) is 30.5. The van der Waals surface area contributed by atoms with Gasteiger partial charge in [0.05, 0.1) is 0 Å². The number of aliphatic hydroxyl groups is 1.